The Hall–Kier alpha value is -2.08. The zero-order valence-electron chi connectivity index (χ0n) is 13.6. The molecule has 0 aromatic carbocycles. The molecule has 0 aliphatic heterocycles. The van der Waals surface area contributed by atoms with Crippen LogP contribution in [0.15, 0.2) is 34.6 Å². The topological polar surface area (TPSA) is 52.6 Å². The van der Waals surface area contributed by atoms with Crippen molar-refractivity contribution in [3.8, 4) is 0 Å². The molecule has 0 amide bonds. The second kappa shape index (κ2) is 7.79. The van der Waals surface area contributed by atoms with Gasteiger partial charge in [-0.3, -0.25) is 4.99 Å². The predicted molar refractivity (Wildman–Crippen MR) is 94.7 cm³/mol. The van der Waals surface area contributed by atoms with E-state index < -0.39 is 0 Å². The number of hydrogen-bond donors (Lipinski definition) is 2. The standard InChI is InChI=1S/C16H23N5S/c1-12-8-9-22-14(12)11-19-16(17-2)18-10-13-6-5-7-15(20-13)21(3)4/h5-9H,10-11H2,1-4H3,(H2,17,18,19). The van der Waals surface area contributed by atoms with E-state index in [9.17, 15) is 0 Å². The summed E-state index contributed by atoms with van der Waals surface area (Å²) in [4.78, 5) is 12.2. The van der Waals surface area contributed by atoms with Gasteiger partial charge >= 0.3 is 0 Å². The van der Waals surface area contributed by atoms with Gasteiger partial charge in [0.25, 0.3) is 0 Å². The summed E-state index contributed by atoms with van der Waals surface area (Å²) < 4.78 is 0. The van der Waals surface area contributed by atoms with Crippen LogP contribution in [0.5, 0.6) is 0 Å². The van der Waals surface area contributed by atoms with Crippen molar-refractivity contribution in [3.05, 3.63) is 45.8 Å². The van der Waals surface area contributed by atoms with Crippen molar-refractivity contribution in [1.82, 2.24) is 15.6 Å². The molecule has 6 heteroatoms. The minimum Gasteiger partial charge on any atom is -0.363 e. The quantitative estimate of drug-likeness (QED) is 0.657. The van der Waals surface area contributed by atoms with E-state index in [4.69, 9.17) is 0 Å². The summed E-state index contributed by atoms with van der Waals surface area (Å²) in [7, 11) is 5.76. The van der Waals surface area contributed by atoms with E-state index in [1.165, 1.54) is 10.4 Å². The number of aliphatic imine (C=N–C) groups is 1. The second-order valence-electron chi connectivity index (χ2n) is 5.19. The molecule has 0 saturated carbocycles. The van der Waals surface area contributed by atoms with E-state index in [1.54, 1.807) is 18.4 Å². The Labute approximate surface area is 136 Å². The van der Waals surface area contributed by atoms with Crippen LogP contribution in [0.1, 0.15) is 16.1 Å². The highest BCUT2D eigenvalue weighted by Crippen LogP contribution is 2.14. The third-order valence-corrected chi connectivity index (χ3v) is 4.32. The Morgan fingerprint density at radius 1 is 1.23 bits per heavy atom. The van der Waals surface area contributed by atoms with Gasteiger partial charge in [-0.25, -0.2) is 4.98 Å². The number of aryl methyl sites for hydroxylation is 1. The fraction of sp³-hybridized carbons (Fsp3) is 0.375. The Morgan fingerprint density at radius 3 is 2.64 bits per heavy atom. The number of nitrogens with zero attached hydrogens (tertiary/aromatic N) is 3. The molecule has 0 bridgehead atoms. The van der Waals surface area contributed by atoms with Gasteiger partial charge < -0.3 is 15.5 Å². The number of thiophene rings is 1. The Kier molecular flexibility index (Phi) is 5.77. The molecule has 0 unspecified atom stereocenters. The molecule has 0 saturated heterocycles. The highest BCUT2D eigenvalue weighted by Gasteiger charge is 2.04. The summed E-state index contributed by atoms with van der Waals surface area (Å²) in [5.41, 5.74) is 2.30. The van der Waals surface area contributed by atoms with Crippen molar-refractivity contribution in [3.63, 3.8) is 0 Å². The van der Waals surface area contributed by atoms with Crippen LogP contribution in [0.25, 0.3) is 0 Å². The zero-order chi connectivity index (χ0) is 15.9. The van der Waals surface area contributed by atoms with Crippen LogP contribution in [0.3, 0.4) is 0 Å². The largest absolute Gasteiger partial charge is 0.363 e. The van der Waals surface area contributed by atoms with E-state index in [0.717, 1.165) is 24.0 Å². The number of rotatable bonds is 5. The summed E-state index contributed by atoms with van der Waals surface area (Å²) >= 11 is 1.76. The summed E-state index contributed by atoms with van der Waals surface area (Å²) in [6, 6.07) is 8.16. The minimum absolute atomic E-state index is 0.644. The van der Waals surface area contributed by atoms with Crippen LogP contribution >= 0.6 is 11.3 Å². The first-order chi connectivity index (χ1) is 10.6. The van der Waals surface area contributed by atoms with Gasteiger partial charge in [0.2, 0.25) is 0 Å². The molecule has 0 aliphatic rings. The first-order valence-corrected chi connectivity index (χ1v) is 8.09. The maximum atomic E-state index is 4.59. The molecule has 5 nitrogen and oxygen atoms in total. The number of pyridine rings is 1. The predicted octanol–water partition coefficient (Wildman–Crippen LogP) is 2.38. The fourth-order valence-corrected chi connectivity index (χ4v) is 2.80. The van der Waals surface area contributed by atoms with Crippen LogP contribution < -0.4 is 15.5 Å². The second-order valence-corrected chi connectivity index (χ2v) is 6.19. The normalized spacial score (nSPS) is 11.4. The molecule has 2 aromatic heterocycles. The van der Waals surface area contributed by atoms with E-state index in [0.29, 0.717) is 6.54 Å². The Bertz CT molecular complexity index is 633. The van der Waals surface area contributed by atoms with Gasteiger partial charge in [-0.15, -0.1) is 11.3 Å². The molecule has 2 rings (SSSR count). The third-order valence-electron chi connectivity index (χ3n) is 3.30. The molecule has 0 aliphatic carbocycles. The summed E-state index contributed by atoms with van der Waals surface area (Å²) in [5.74, 6) is 1.74. The van der Waals surface area contributed by atoms with Gasteiger partial charge in [-0.05, 0) is 36.1 Å². The lowest BCUT2D eigenvalue weighted by molar-refractivity contribution is 0.796. The molecule has 0 spiro atoms. The number of anilines is 1. The Balaban J connectivity index is 1.89. The molecule has 0 radical (unpaired) electrons. The summed E-state index contributed by atoms with van der Waals surface area (Å²) in [6.07, 6.45) is 0. The van der Waals surface area contributed by atoms with Crippen molar-refractivity contribution in [2.24, 2.45) is 4.99 Å². The van der Waals surface area contributed by atoms with E-state index in [-0.39, 0.29) is 0 Å². The molecule has 2 N–H and O–H groups in total. The monoisotopic (exact) mass is 317 g/mol. The van der Waals surface area contributed by atoms with Gasteiger partial charge in [0.15, 0.2) is 5.96 Å². The molecule has 22 heavy (non-hydrogen) atoms. The van der Waals surface area contributed by atoms with Crippen LogP contribution in [-0.4, -0.2) is 32.1 Å². The van der Waals surface area contributed by atoms with Gasteiger partial charge in [0.1, 0.15) is 5.82 Å². The minimum atomic E-state index is 0.644. The van der Waals surface area contributed by atoms with Crippen LogP contribution in [0.2, 0.25) is 0 Å². The third kappa shape index (κ3) is 4.46. The SMILES string of the molecule is CN=C(NCc1cccc(N(C)C)n1)NCc1sccc1C. The average Bonchev–Trinajstić information content (AvgIpc) is 2.93. The lowest BCUT2D eigenvalue weighted by atomic mass is 10.3. The zero-order valence-corrected chi connectivity index (χ0v) is 14.4. The van der Waals surface area contributed by atoms with E-state index in [2.05, 4.69) is 39.0 Å². The van der Waals surface area contributed by atoms with Crippen LogP contribution in [-0.2, 0) is 13.1 Å². The first kappa shape index (κ1) is 16.3. The summed E-state index contributed by atoms with van der Waals surface area (Å²) in [5, 5.41) is 8.74. The molecule has 2 heterocycles. The van der Waals surface area contributed by atoms with Gasteiger partial charge in [0.05, 0.1) is 18.8 Å². The van der Waals surface area contributed by atoms with Crippen molar-refractivity contribution in [1.29, 1.82) is 0 Å². The van der Waals surface area contributed by atoms with Crippen molar-refractivity contribution in [2.75, 3.05) is 26.0 Å². The fourth-order valence-electron chi connectivity index (χ4n) is 1.96. The van der Waals surface area contributed by atoms with Crippen molar-refractivity contribution >= 4 is 23.1 Å². The molecule has 118 valence electrons. The first-order valence-electron chi connectivity index (χ1n) is 7.21. The number of nitrogens with one attached hydrogen (secondary N) is 2. The van der Waals surface area contributed by atoms with Gasteiger partial charge in [-0.1, -0.05) is 6.07 Å². The van der Waals surface area contributed by atoms with Crippen LogP contribution in [0.4, 0.5) is 5.82 Å². The maximum Gasteiger partial charge on any atom is 0.191 e. The average molecular weight is 317 g/mol. The van der Waals surface area contributed by atoms with Crippen molar-refractivity contribution < 1.29 is 0 Å². The molecular weight excluding hydrogens is 294 g/mol. The Morgan fingerprint density at radius 2 is 2.00 bits per heavy atom. The molecule has 0 fully saturated rings. The van der Waals surface area contributed by atoms with E-state index in [1.807, 2.05) is 37.2 Å². The lowest BCUT2D eigenvalue weighted by Gasteiger charge is -2.14. The van der Waals surface area contributed by atoms with E-state index >= 15 is 0 Å². The van der Waals surface area contributed by atoms with Gasteiger partial charge in [0, 0.05) is 26.0 Å². The number of guanidine groups is 1. The highest BCUT2D eigenvalue weighted by molar-refractivity contribution is 7.10. The van der Waals surface area contributed by atoms with Crippen molar-refractivity contribution in [2.45, 2.75) is 20.0 Å². The van der Waals surface area contributed by atoms with Crippen LogP contribution in [0, 0.1) is 6.92 Å². The van der Waals surface area contributed by atoms with Gasteiger partial charge in [-0.2, -0.15) is 0 Å². The lowest BCUT2D eigenvalue weighted by Crippen LogP contribution is -2.36. The number of aromatic nitrogens is 1. The molecule has 2 aromatic rings. The number of hydrogen-bond acceptors (Lipinski definition) is 4. The molecular formula is C16H23N5S. The summed E-state index contributed by atoms with van der Waals surface area (Å²) in [6.45, 7) is 3.56. The smallest absolute Gasteiger partial charge is 0.191 e. The highest BCUT2D eigenvalue weighted by atomic mass is 32.1. The molecule has 0 atom stereocenters. The maximum absolute atomic E-state index is 4.59.